The van der Waals surface area contributed by atoms with Crippen molar-refractivity contribution >= 4 is 29.3 Å². The van der Waals surface area contributed by atoms with Crippen molar-refractivity contribution in [3.05, 3.63) is 46.4 Å². The Balaban J connectivity index is 2.28. The molecule has 1 aromatic heterocycles. The summed E-state index contributed by atoms with van der Waals surface area (Å²) in [6.45, 7) is 3.78. The van der Waals surface area contributed by atoms with E-state index < -0.39 is 17.4 Å². The number of para-hydroxylation sites is 2. The van der Waals surface area contributed by atoms with Gasteiger partial charge in [0.15, 0.2) is 5.16 Å². The Bertz CT molecular complexity index is 882. The average Bonchev–Trinajstić information content (AvgIpc) is 2.65. The van der Waals surface area contributed by atoms with Gasteiger partial charge >= 0.3 is 5.97 Å². The molecule has 27 heavy (non-hydrogen) atoms. The Hall–Kier alpha value is -2.81. The highest BCUT2D eigenvalue weighted by Crippen LogP contribution is 2.23. The molecule has 8 nitrogen and oxygen atoms in total. The minimum Gasteiger partial charge on any atom is -0.492 e. The van der Waals surface area contributed by atoms with Crippen molar-refractivity contribution < 1.29 is 19.1 Å². The molecule has 0 bridgehead atoms. The number of aromatic nitrogens is 2. The topological polar surface area (TPSA) is 99.5 Å². The maximum absolute atomic E-state index is 12.6. The summed E-state index contributed by atoms with van der Waals surface area (Å²) in [4.78, 5) is 41.1. The number of rotatable bonds is 8. The number of benzene rings is 1. The fourth-order valence-electron chi connectivity index (χ4n) is 2.31. The number of hydrogen-bond donors (Lipinski definition) is 1. The number of carbonyl (C=O) groups is 2. The molecule has 0 saturated carbocycles. The van der Waals surface area contributed by atoms with Crippen LogP contribution in [0.1, 0.15) is 24.2 Å². The molecule has 2 rings (SSSR count). The Morgan fingerprint density at radius 2 is 1.96 bits per heavy atom. The highest BCUT2D eigenvalue weighted by molar-refractivity contribution is 7.98. The third-order valence-corrected chi connectivity index (χ3v) is 4.14. The van der Waals surface area contributed by atoms with Crippen molar-refractivity contribution in [1.29, 1.82) is 0 Å². The van der Waals surface area contributed by atoms with E-state index in [0.29, 0.717) is 23.2 Å². The first-order valence-electron chi connectivity index (χ1n) is 8.34. The number of ether oxygens (including phenoxy) is 2. The number of nitrogens with one attached hydrogen (secondary N) is 1. The molecule has 2 aromatic rings. The highest BCUT2D eigenvalue weighted by atomic mass is 32.2. The maximum Gasteiger partial charge on any atom is 0.345 e. The third kappa shape index (κ3) is 5.10. The van der Waals surface area contributed by atoms with Crippen LogP contribution in [-0.4, -0.2) is 40.9 Å². The van der Waals surface area contributed by atoms with Crippen LogP contribution in [0.2, 0.25) is 0 Å². The van der Waals surface area contributed by atoms with Gasteiger partial charge in [-0.1, -0.05) is 23.9 Å². The predicted octanol–water partition coefficient (Wildman–Crippen LogP) is 2.18. The second-order valence-electron chi connectivity index (χ2n) is 5.25. The summed E-state index contributed by atoms with van der Waals surface area (Å²) in [6, 6.07) is 7.00. The van der Waals surface area contributed by atoms with Crippen molar-refractivity contribution in [3.8, 4) is 5.75 Å². The summed E-state index contributed by atoms with van der Waals surface area (Å²) in [5.74, 6) is -0.676. The molecular formula is C18H21N3O5S. The zero-order chi connectivity index (χ0) is 19.8. The average molecular weight is 391 g/mol. The molecule has 0 saturated heterocycles. The molecule has 0 aliphatic rings. The smallest absolute Gasteiger partial charge is 0.345 e. The largest absolute Gasteiger partial charge is 0.492 e. The SMILES string of the molecule is CCOC(=O)c1cnc(SC)n(CC(=O)Nc2ccccc2OCC)c1=O. The molecule has 1 heterocycles. The van der Waals surface area contributed by atoms with Gasteiger partial charge < -0.3 is 14.8 Å². The van der Waals surface area contributed by atoms with E-state index in [2.05, 4.69) is 10.3 Å². The molecule has 1 N–H and O–H groups in total. The summed E-state index contributed by atoms with van der Waals surface area (Å²) < 4.78 is 11.5. The molecule has 0 aliphatic heterocycles. The summed E-state index contributed by atoms with van der Waals surface area (Å²) in [6.07, 6.45) is 2.90. The Morgan fingerprint density at radius 3 is 2.63 bits per heavy atom. The van der Waals surface area contributed by atoms with Crippen molar-refractivity contribution in [1.82, 2.24) is 9.55 Å². The first-order chi connectivity index (χ1) is 13.0. The highest BCUT2D eigenvalue weighted by Gasteiger charge is 2.19. The number of nitrogens with zero attached hydrogens (tertiary/aromatic N) is 2. The molecule has 9 heteroatoms. The fourth-order valence-corrected chi connectivity index (χ4v) is 2.84. The van der Waals surface area contributed by atoms with Gasteiger partial charge in [0.25, 0.3) is 5.56 Å². The summed E-state index contributed by atoms with van der Waals surface area (Å²) in [7, 11) is 0. The van der Waals surface area contributed by atoms with Crippen molar-refractivity contribution in [2.45, 2.75) is 25.5 Å². The molecule has 0 unspecified atom stereocenters. The number of esters is 1. The van der Waals surface area contributed by atoms with Gasteiger partial charge in [-0.25, -0.2) is 9.78 Å². The van der Waals surface area contributed by atoms with E-state index in [9.17, 15) is 14.4 Å². The van der Waals surface area contributed by atoms with Crippen molar-refractivity contribution in [3.63, 3.8) is 0 Å². The van der Waals surface area contributed by atoms with Crippen LogP contribution in [0.25, 0.3) is 0 Å². The molecular weight excluding hydrogens is 370 g/mol. The van der Waals surface area contributed by atoms with Gasteiger partial charge in [0.2, 0.25) is 5.91 Å². The number of anilines is 1. The summed E-state index contributed by atoms with van der Waals surface area (Å²) in [5.41, 5.74) is -0.337. The number of carbonyl (C=O) groups excluding carboxylic acids is 2. The second kappa shape index (κ2) is 9.77. The Kier molecular flexibility index (Phi) is 7.42. The van der Waals surface area contributed by atoms with E-state index in [1.54, 1.807) is 37.4 Å². The first-order valence-corrected chi connectivity index (χ1v) is 9.56. The lowest BCUT2D eigenvalue weighted by Gasteiger charge is -2.14. The normalized spacial score (nSPS) is 10.3. The lowest BCUT2D eigenvalue weighted by Crippen LogP contribution is -2.33. The summed E-state index contributed by atoms with van der Waals surface area (Å²) in [5, 5.41) is 3.04. The van der Waals surface area contributed by atoms with Gasteiger partial charge in [0, 0.05) is 0 Å². The standard InChI is InChI=1S/C18H21N3O5S/c1-4-25-14-9-7-6-8-13(14)20-15(22)11-21-16(23)12(17(24)26-5-2)10-19-18(21)27-3/h6-10H,4-5,11H2,1-3H3,(H,20,22). The lowest BCUT2D eigenvalue weighted by atomic mass is 10.3. The van der Waals surface area contributed by atoms with E-state index >= 15 is 0 Å². The second-order valence-corrected chi connectivity index (χ2v) is 6.02. The third-order valence-electron chi connectivity index (χ3n) is 3.45. The van der Waals surface area contributed by atoms with E-state index in [4.69, 9.17) is 9.47 Å². The van der Waals surface area contributed by atoms with Gasteiger partial charge in [0.05, 0.1) is 25.1 Å². The zero-order valence-corrected chi connectivity index (χ0v) is 16.2. The monoisotopic (exact) mass is 391 g/mol. The van der Waals surface area contributed by atoms with Crippen LogP contribution in [0, 0.1) is 0 Å². The fraction of sp³-hybridized carbons (Fsp3) is 0.333. The zero-order valence-electron chi connectivity index (χ0n) is 15.4. The predicted molar refractivity (Wildman–Crippen MR) is 102 cm³/mol. The molecule has 0 spiro atoms. The van der Waals surface area contributed by atoms with E-state index in [1.807, 2.05) is 6.92 Å². The molecule has 0 radical (unpaired) electrons. The minimum atomic E-state index is -0.765. The minimum absolute atomic E-state index is 0.136. The van der Waals surface area contributed by atoms with Crippen LogP contribution >= 0.6 is 11.8 Å². The van der Waals surface area contributed by atoms with E-state index in [-0.39, 0.29) is 18.7 Å². The van der Waals surface area contributed by atoms with Gasteiger partial charge in [-0.15, -0.1) is 0 Å². The van der Waals surface area contributed by atoms with Crippen molar-refractivity contribution in [2.75, 3.05) is 24.8 Å². The van der Waals surface area contributed by atoms with Gasteiger partial charge in [-0.05, 0) is 32.2 Å². The van der Waals surface area contributed by atoms with Crippen LogP contribution in [0.15, 0.2) is 40.4 Å². The first kappa shape index (κ1) is 20.5. The molecule has 0 atom stereocenters. The lowest BCUT2D eigenvalue weighted by molar-refractivity contribution is -0.117. The Morgan fingerprint density at radius 1 is 1.22 bits per heavy atom. The molecule has 144 valence electrons. The van der Waals surface area contributed by atoms with Crippen LogP contribution < -0.4 is 15.6 Å². The summed E-state index contributed by atoms with van der Waals surface area (Å²) >= 11 is 1.20. The van der Waals surface area contributed by atoms with Crippen LogP contribution in [-0.2, 0) is 16.1 Å². The maximum atomic E-state index is 12.6. The number of amides is 1. The quantitative estimate of drug-likeness (QED) is 0.418. The molecule has 0 fully saturated rings. The molecule has 0 aliphatic carbocycles. The molecule has 1 amide bonds. The van der Waals surface area contributed by atoms with Gasteiger partial charge in [-0.2, -0.15) is 0 Å². The van der Waals surface area contributed by atoms with Gasteiger partial charge in [0.1, 0.15) is 17.9 Å². The number of hydrogen-bond acceptors (Lipinski definition) is 7. The Labute approximate surface area is 160 Å². The van der Waals surface area contributed by atoms with Crippen molar-refractivity contribution in [2.24, 2.45) is 0 Å². The van der Waals surface area contributed by atoms with Crippen LogP contribution in [0.4, 0.5) is 5.69 Å². The van der Waals surface area contributed by atoms with Gasteiger partial charge in [-0.3, -0.25) is 14.2 Å². The van der Waals surface area contributed by atoms with E-state index in [1.165, 1.54) is 18.0 Å². The molecule has 1 aromatic carbocycles. The van der Waals surface area contributed by atoms with E-state index in [0.717, 1.165) is 4.57 Å². The van der Waals surface area contributed by atoms with Crippen LogP contribution in [0.3, 0.4) is 0 Å². The van der Waals surface area contributed by atoms with Crippen LogP contribution in [0.5, 0.6) is 5.75 Å². The number of thioether (sulfide) groups is 1.